The topological polar surface area (TPSA) is 41.1 Å². The minimum Gasteiger partial charge on any atom is -0.338 e. The van der Waals surface area contributed by atoms with Gasteiger partial charge in [-0.25, -0.2) is 4.79 Å². The standard InChI is InChI=1S/C20H30N2O/c1-16-9-11-18(12-10-16)20(2,3)15-22-19(23)21-14-13-17-7-5-4-6-8-17/h7,9-12H,4-6,8,13-15H2,1-3H3,(H2,21,22,23). The van der Waals surface area contributed by atoms with Crippen LogP contribution < -0.4 is 10.6 Å². The third-order valence-corrected chi connectivity index (χ3v) is 4.64. The van der Waals surface area contributed by atoms with Crippen LogP contribution in [0.2, 0.25) is 0 Å². The van der Waals surface area contributed by atoms with Crippen LogP contribution in [0.3, 0.4) is 0 Å². The highest BCUT2D eigenvalue weighted by atomic mass is 16.2. The van der Waals surface area contributed by atoms with Gasteiger partial charge in [-0.05, 0) is 44.6 Å². The van der Waals surface area contributed by atoms with Gasteiger partial charge in [0, 0.05) is 18.5 Å². The van der Waals surface area contributed by atoms with Crippen LogP contribution in [0.1, 0.15) is 57.1 Å². The molecule has 1 aromatic rings. The Bertz CT molecular complexity index is 543. The zero-order valence-corrected chi connectivity index (χ0v) is 14.7. The van der Waals surface area contributed by atoms with Gasteiger partial charge in [0.2, 0.25) is 0 Å². The molecule has 2 amide bonds. The van der Waals surface area contributed by atoms with Crippen LogP contribution in [-0.4, -0.2) is 19.1 Å². The summed E-state index contributed by atoms with van der Waals surface area (Å²) in [4.78, 5) is 12.0. The van der Waals surface area contributed by atoms with Crippen LogP contribution in [0, 0.1) is 6.92 Å². The van der Waals surface area contributed by atoms with E-state index in [2.05, 4.69) is 61.7 Å². The maximum absolute atomic E-state index is 12.0. The van der Waals surface area contributed by atoms with Crippen molar-refractivity contribution in [1.29, 1.82) is 0 Å². The van der Waals surface area contributed by atoms with Crippen LogP contribution in [0.4, 0.5) is 4.79 Å². The van der Waals surface area contributed by atoms with E-state index in [0.717, 1.165) is 13.0 Å². The molecular weight excluding hydrogens is 284 g/mol. The van der Waals surface area contributed by atoms with E-state index < -0.39 is 0 Å². The van der Waals surface area contributed by atoms with Crippen LogP contribution in [-0.2, 0) is 5.41 Å². The molecule has 3 heteroatoms. The number of aryl methyl sites for hydroxylation is 1. The van der Waals surface area contributed by atoms with Gasteiger partial charge in [0.1, 0.15) is 0 Å². The predicted molar refractivity (Wildman–Crippen MR) is 96.8 cm³/mol. The molecule has 0 bridgehead atoms. The molecule has 0 spiro atoms. The van der Waals surface area contributed by atoms with Crippen LogP contribution >= 0.6 is 0 Å². The average molecular weight is 314 g/mol. The number of hydrogen-bond acceptors (Lipinski definition) is 1. The Morgan fingerprint density at radius 1 is 1.13 bits per heavy atom. The predicted octanol–water partition coefficient (Wildman–Crippen LogP) is 4.46. The third kappa shape index (κ3) is 5.74. The van der Waals surface area contributed by atoms with Crippen LogP contribution in [0.15, 0.2) is 35.9 Å². The largest absolute Gasteiger partial charge is 0.338 e. The molecule has 126 valence electrons. The summed E-state index contributed by atoms with van der Waals surface area (Å²) in [6, 6.07) is 8.46. The lowest BCUT2D eigenvalue weighted by molar-refractivity contribution is 0.238. The van der Waals surface area contributed by atoms with Crippen molar-refractivity contribution in [1.82, 2.24) is 10.6 Å². The van der Waals surface area contributed by atoms with E-state index >= 15 is 0 Å². The molecule has 0 aromatic heterocycles. The van der Waals surface area contributed by atoms with Crippen molar-refractivity contribution in [3.63, 3.8) is 0 Å². The molecule has 3 nitrogen and oxygen atoms in total. The number of amides is 2. The van der Waals surface area contributed by atoms with E-state index in [-0.39, 0.29) is 11.4 Å². The molecule has 23 heavy (non-hydrogen) atoms. The van der Waals surface area contributed by atoms with Crippen molar-refractivity contribution < 1.29 is 4.79 Å². The average Bonchev–Trinajstić information content (AvgIpc) is 2.54. The smallest absolute Gasteiger partial charge is 0.314 e. The van der Waals surface area contributed by atoms with Crippen LogP contribution in [0.25, 0.3) is 0 Å². The number of rotatable bonds is 6. The summed E-state index contributed by atoms with van der Waals surface area (Å²) >= 11 is 0. The lowest BCUT2D eigenvalue weighted by atomic mass is 9.84. The first-order valence-electron chi connectivity index (χ1n) is 8.74. The fourth-order valence-corrected chi connectivity index (χ4v) is 2.94. The summed E-state index contributed by atoms with van der Waals surface area (Å²) in [7, 11) is 0. The first-order valence-corrected chi connectivity index (χ1v) is 8.74. The molecule has 0 unspecified atom stereocenters. The minimum atomic E-state index is -0.0725. The minimum absolute atomic E-state index is 0.0680. The Balaban J connectivity index is 1.72. The monoisotopic (exact) mass is 314 g/mol. The maximum Gasteiger partial charge on any atom is 0.314 e. The second kappa shape index (κ2) is 8.19. The van der Waals surface area contributed by atoms with Crippen molar-refractivity contribution in [3.8, 4) is 0 Å². The normalized spacial score (nSPS) is 15.0. The summed E-state index contributed by atoms with van der Waals surface area (Å²) in [5.41, 5.74) is 3.93. The SMILES string of the molecule is Cc1ccc(C(C)(C)CNC(=O)NCCC2=CCCCC2)cc1. The number of carbonyl (C=O) groups excluding carboxylic acids is 1. The number of carbonyl (C=O) groups is 1. The lowest BCUT2D eigenvalue weighted by Crippen LogP contribution is -2.42. The van der Waals surface area contributed by atoms with Gasteiger partial charge in [0.25, 0.3) is 0 Å². The van der Waals surface area contributed by atoms with E-state index in [1.165, 1.54) is 42.4 Å². The highest BCUT2D eigenvalue weighted by Crippen LogP contribution is 2.22. The summed E-state index contributed by atoms with van der Waals surface area (Å²) in [6.45, 7) is 7.76. The number of nitrogens with one attached hydrogen (secondary N) is 2. The van der Waals surface area contributed by atoms with Gasteiger partial charge >= 0.3 is 6.03 Å². The first-order chi connectivity index (χ1) is 11.0. The molecule has 0 aliphatic heterocycles. The Kier molecular flexibility index (Phi) is 6.26. The van der Waals surface area contributed by atoms with Crippen molar-refractivity contribution in [2.24, 2.45) is 0 Å². The Morgan fingerprint density at radius 2 is 1.87 bits per heavy atom. The molecule has 2 rings (SSSR count). The second-order valence-electron chi connectivity index (χ2n) is 7.22. The summed E-state index contributed by atoms with van der Waals surface area (Å²) < 4.78 is 0. The second-order valence-corrected chi connectivity index (χ2v) is 7.22. The fraction of sp³-hybridized carbons (Fsp3) is 0.550. The molecule has 1 aromatic carbocycles. The van der Waals surface area contributed by atoms with Gasteiger partial charge in [0.15, 0.2) is 0 Å². The maximum atomic E-state index is 12.0. The van der Waals surface area contributed by atoms with Gasteiger partial charge in [-0.2, -0.15) is 0 Å². The highest BCUT2D eigenvalue weighted by Gasteiger charge is 2.21. The zero-order valence-electron chi connectivity index (χ0n) is 14.7. The number of benzene rings is 1. The Hall–Kier alpha value is -1.77. The van der Waals surface area contributed by atoms with E-state index in [1.54, 1.807) is 0 Å². The zero-order chi connectivity index (χ0) is 16.7. The fourth-order valence-electron chi connectivity index (χ4n) is 2.94. The summed E-state index contributed by atoms with van der Waals surface area (Å²) in [6.07, 6.45) is 8.32. The first kappa shape index (κ1) is 17.6. The van der Waals surface area contributed by atoms with Crippen molar-refractivity contribution in [2.45, 2.75) is 58.3 Å². The van der Waals surface area contributed by atoms with Gasteiger partial charge < -0.3 is 10.6 Å². The number of allylic oxidation sites excluding steroid dienone is 1. The third-order valence-electron chi connectivity index (χ3n) is 4.64. The summed E-state index contributed by atoms with van der Waals surface area (Å²) in [5.74, 6) is 0. The molecule has 0 saturated heterocycles. The molecule has 0 saturated carbocycles. The van der Waals surface area contributed by atoms with Crippen molar-refractivity contribution in [3.05, 3.63) is 47.0 Å². The quantitative estimate of drug-likeness (QED) is 0.748. The van der Waals surface area contributed by atoms with Gasteiger partial charge in [-0.15, -0.1) is 0 Å². The van der Waals surface area contributed by atoms with Gasteiger partial charge in [-0.1, -0.05) is 55.3 Å². The van der Waals surface area contributed by atoms with E-state index in [4.69, 9.17) is 0 Å². The van der Waals surface area contributed by atoms with Gasteiger partial charge in [0.05, 0.1) is 0 Å². The Labute approximate surface area is 140 Å². The lowest BCUT2D eigenvalue weighted by Gasteiger charge is -2.26. The Morgan fingerprint density at radius 3 is 2.52 bits per heavy atom. The van der Waals surface area contributed by atoms with Crippen molar-refractivity contribution >= 4 is 6.03 Å². The van der Waals surface area contributed by atoms with Gasteiger partial charge in [-0.3, -0.25) is 0 Å². The van der Waals surface area contributed by atoms with Crippen molar-refractivity contribution in [2.75, 3.05) is 13.1 Å². The highest BCUT2D eigenvalue weighted by molar-refractivity contribution is 5.73. The molecule has 0 fully saturated rings. The molecule has 0 atom stereocenters. The molecule has 1 aliphatic rings. The van der Waals surface area contributed by atoms with E-state index in [0.29, 0.717) is 6.54 Å². The number of urea groups is 1. The number of hydrogen-bond donors (Lipinski definition) is 2. The van der Waals surface area contributed by atoms with E-state index in [1.807, 2.05) is 0 Å². The molecule has 0 radical (unpaired) electrons. The molecule has 1 aliphatic carbocycles. The molecular formula is C20H30N2O. The van der Waals surface area contributed by atoms with E-state index in [9.17, 15) is 4.79 Å². The summed E-state index contributed by atoms with van der Waals surface area (Å²) in [5, 5.41) is 5.98. The van der Waals surface area contributed by atoms with Crippen LogP contribution in [0.5, 0.6) is 0 Å². The molecule has 2 N–H and O–H groups in total. The molecule has 0 heterocycles.